The van der Waals surface area contributed by atoms with Gasteiger partial charge in [-0.25, -0.2) is 0 Å². The lowest BCUT2D eigenvalue weighted by molar-refractivity contribution is 0.536. The minimum atomic E-state index is 1.03. The molecular weight excluding hydrogens is 432 g/mol. The zero-order valence-electron chi connectivity index (χ0n) is 25.2. The van der Waals surface area contributed by atoms with Crippen LogP contribution in [0, 0.1) is 23.7 Å². The van der Waals surface area contributed by atoms with Gasteiger partial charge in [0.05, 0.1) is 0 Å². The van der Waals surface area contributed by atoms with Crippen molar-refractivity contribution in [3.63, 3.8) is 0 Å². The van der Waals surface area contributed by atoms with Gasteiger partial charge in [-0.3, -0.25) is 0 Å². The van der Waals surface area contributed by atoms with Gasteiger partial charge in [0.2, 0.25) is 0 Å². The molecule has 0 fully saturated rings. The molecule has 0 radical (unpaired) electrons. The highest BCUT2D eigenvalue weighted by Crippen LogP contribution is 2.14. The van der Waals surface area contributed by atoms with Crippen LogP contribution in [0.15, 0.2) is 0 Å². The van der Waals surface area contributed by atoms with Gasteiger partial charge in [-0.15, -0.1) is 0 Å². The van der Waals surface area contributed by atoms with Gasteiger partial charge >= 0.3 is 0 Å². The van der Waals surface area contributed by atoms with Crippen molar-refractivity contribution in [3.05, 3.63) is 0 Å². The predicted octanol–water partition coefficient (Wildman–Crippen LogP) is 12.7. The van der Waals surface area contributed by atoms with Gasteiger partial charge in [-0.05, 0) is 24.7 Å². The second kappa shape index (κ2) is 34.1. The Bertz CT molecular complexity index is 460. The van der Waals surface area contributed by atoms with Crippen LogP contribution in [0.4, 0.5) is 0 Å². The highest BCUT2D eigenvalue weighted by atomic mass is 14.0. The second-order valence-corrected chi connectivity index (χ2v) is 11.3. The first kappa shape index (κ1) is 35.1. The van der Waals surface area contributed by atoms with Crippen molar-refractivity contribution in [2.75, 3.05) is 0 Å². The number of unbranched alkanes of at least 4 members (excludes halogenated alkanes) is 28. The fourth-order valence-corrected chi connectivity index (χ4v) is 5.03. The summed E-state index contributed by atoms with van der Waals surface area (Å²) in [6.07, 6.45) is 41.8. The lowest BCUT2D eigenvalue weighted by Crippen LogP contribution is -1.83. The van der Waals surface area contributed by atoms with Crippen molar-refractivity contribution >= 4 is 0 Å². The molecule has 0 N–H and O–H groups in total. The molecule has 0 saturated heterocycles. The first-order chi connectivity index (χ1) is 17.9. The summed E-state index contributed by atoms with van der Waals surface area (Å²) in [5.74, 6) is 12.7. The zero-order chi connectivity index (χ0) is 26.0. The summed E-state index contributed by atoms with van der Waals surface area (Å²) in [5, 5.41) is 0. The van der Waals surface area contributed by atoms with Crippen molar-refractivity contribution in [1.29, 1.82) is 0 Å². The van der Waals surface area contributed by atoms with E-state index in [2.05, 4.69) is 37.5 Å². The maximum Gasteiger partial charge on any atom is 0.00989 e. The van der Waals surface area contributed by atoms with Crippen LogP contribution in [0.2, 0.25) is 0 Å². The summed E-state index contributed by atoms with van der Waals surface area (Å²) in [4.78, 5) is 0. The molecule has 0 unspecified atom stereocenters. The lowest BCUT2D eigenvalue weighted by atomic mass is 10.0. The molecule has 36 heavy (non-hydrogen) atoms. The summed E-state index contributed by atoms with van der Waals surface area (Å²) in [5.41, 5.74) is 0. The third kappa shape index (κ3) is 33.1. The Balaban J connectivity index is 3.19. The van der Waals surface area contributed by atoms with Crippen LogP contribution in [0.3, 0.4) is 0 Å². The molecule has 0 saturated carbocycles. The molecule has 0 bridgehead atoms. The largest absolute Gasteiger partial charge is 0.0891 e. The van der Waals surface area contributed by atoms with Gasteiger partial charge < -0.3 is 0 Å². The lowest BCUT2D eigenvalue weighted by Gasteiger charge is -2.02. The van der Waals surface area contributed by atoms with Crippen LogP contribution in [0.5, 0.6) is 0 Å². The molecule has 0 atom stereocenters. The van der Waals surface area contributed by atoms with E-state index in [1.807, 2.05) is 0 Å². The first-order valence-corrected chi connectivity index (χ1v) is 16.9. The molecular formula is C36H66. The van der Waals surface area contributed by atoms with Crippen LogP contribution >= 0.6 is 0 Å². The maximum atomic E-state index is 3.26. The Morgan fingerprint density at radius 3 is 0.667 bits per heavy atom. The van der Waals surface area contributed by atoms with E-state index in [1.54, 1.807) is 0 Å². The molecule has 0 aliphatic heterocycles. The van der Waals surface area contributed by atoms with Gasteiger partial charge in [0.15, 0.2) is 0 Å². The van der Waals surface area contributed by atoms with Crippen molar-refractivity contribution in [2.45, 2.75) is 206 Å². The third-order valence-electron chi connectivity index (χ3n) is 7.55. The summed E-state index contributed by atoms with van der Waals surface area (Å²) in [6.45, 7) is 4.59. The fraction of sp³-hybridized carbons (Fsp3) is 0.889. The van der Waals surface area contributed by atoms with E-state index < -0.39 is 0 Å². The Kier molecular flexibility index (Phi) is 33.3. The SMILES string of the molecule is CCCCCCCCCCCCCCCCC#CC#CCCCCCCCCCCCCCCCC. The van der Waals surface area contributed by atoms with E-state index >= 15 is 0 Å². The van der Waals surface area contributed by atoms with Gasteiger partial charge in [-0.1, -0.05) is 193 Å². The summed E-state index contributed by atoms with van der Waals surface area (Å²) in [7, 11) is 0. The zero-order valence-corrected chi connectivity index (χ0v) is 25.2. The number of rotatable bonds is 28. The second-order valence-electron chi connectivity index (χ2n) is 11.3. The minimum Gasteiger partial charge on any atom is -0.0891 e. The number of hydrogen-bond donors (Lipinski definition) is 0. The minimum absolute atomic E-state index is 1.03. The van der Waals surface area contributed by atoms with Crippen LogP contribution in [-0.2, 0) is 0 Å². The predicted molar refractivity (Wildman–Crippen MR) is 165 cm³/mol. The highest BCUT2D eigenvalue weighted by Gasteiger charge is 1.95. The Hall–Kier alpha value is -0.880. The molecule has 0 aromatic rings. The maximum absolute atomic E-state index is 3.26. The van der Waals surface area contributed by atoms with Crippen molar-refractivity contribution in [2.24, 2.45) is 0 Å². The highest BCUT2D eigenvalue weighted by molar-refractivity contribution is 5.25. The van der Waals surface area contributed by atoms with E-state index in [-0.39, 0.29) is 0 Å². The fourth-order valence-electron chi connectivity index (χ4n) is 5.03. The van der Waals surface area contributed by atoms with Crippen molar-refractivity contribution in [3.8, 4) is 23.7 Å². The molecule has 0 heterocycles. The quantitative estimate of drug-likeness (QED) is 0.0743. The van der Waals surface area contributed by atoms with Gasteiger partial charge in [0, 0.05) is 12.8 Å². The normalized spacial score (nSPS) is 10.6. The molecule has 210 valence electrons. The van der Waals surface area contributed by atoms with Crippen LogP contribution < -0.4 is 0 Å². The molecule has 0 aliphatic rings. The van der Waals surface area contributed by atoms with Crippen molar-refractivity contribution in [1.82, 2.24) is 0 Å². The molecule has 0 heteroatoms. The third-order valence-corrected chi connectivity index (χ3v) is 7.55. The monoisotopic (exact) mass is 499 g/mol. The van der Waals surface area contributed by atoms with E-state index in [1.165, 1.54) is 180 Å². The Morgan fingerprint density at radius 2 is 0.444 bits per heavy atom. The van der Waals surface area contributed by atoms with Gasteiger partial charge in [-0.2, -0.15) is 0 Å². The van der Waals surface area contributed by atoms with E-state index in [0.29, 0.717) is 0 Å². The summed E-state index contributed by atoms with van der Waals surface area (Å²) >= 11 is 0. The van der Waals surface area contributed by atoms with Crippen LogP contribution in [0.1, 0.15) is 206 Å². The molecule has 0 amide bonds. The molecule has 0 nitrogen and oxygen atoms in total. The van der Waals surface area contributed by atoms with Crippen molar-refractivity contribution < 1.29 is 0 Å². The van der Waals surface area contributed by atoms with Crippen LogP contribution in [-0.4, -0.2) is 0 Å². The van der Waals surface area contributed by atoms with E-state index in [9.17, 15) is 0 Å². The van der Waals surface area contributed by atoms with Gasteiger partial charge in [0.1, 0.15) is 0 Å². The molecule has 0 spiro atoms. The Labute approximate surface area is 230 Å². The molecule has 0 aromatic heterocycles. The average Bonchev–Trinajstić information content (AvgIpc) is 2.89. The van der Waals surface area contributed by atoms with Gasteiger partial charge in [0.25, 0.3) is 0 Å². The van der Waals surface area contributed by atoms with E-state index in [4.69, 9.17) is 0 Å². The molecule has 0 aliphatic carbocycles. The summed E-state index contributed by atoms with van der Waals surface area (Å²) < 4.78 is 0. The molecule has 0 aromatic carbocycles. The standard InChI is InChI=1S/C36H66/c1-3-5-7-9-11-13-15-17-19-21-23-25-27-29-31-33-35-36-34-32-30-28-26-24-22-20-18-16-14-12-10-8-6-4-2/h3-32H2,1-2H3. The topological polar surface area (TPSA) is 0 Å². The van der Waals surface area contributed by atoms with E-state index in [0.717, 1.165) is 12.8 Å². The Morgan fingerprint density at radius 1 is 0.250 bits per heavy atom. The average molecular weight is 499 g/mol. The number of hydrogen-bond acceptors (Lipinski definition) is 0. The molecule has 0 rings (SSSR count). The first-order valence-electron chi connectivity index (χ1n) is 16.9. The van der Waals surface area contributed by atoms with Crippen LogP contribution in [0.25, 0.3) is 0 Å². The summed E-state index contributed by atoms with van der Waals surface area (Å²) in [6, 6.07) is 0. The smallest absolute Gasteiger partial charge is 0.00989 e.